The molecule has 0 aliphatic carbocycles. The van der Waals surface area contributed by atoms with Crippen LogP contribution in [0.2, 0.25) is 0 Å². The van der Waals surface area contributed by atoms with Crippen LogP contribution in [0.4, 0.5) is 10.5 Å². The number of carbonyl (C=O) groups excluding carboxylic acids is 1. The van der Waals surface area contributed by atoms with Crippen molar-refractivity contribution in [2.24, 2.45) is 0 Å². The molecule has 0 aliphatic heterocycles. The van der Waals surface area contributed by atoms with Crippen molar-refractivity contribution in [1.29, 1.82) is 0 Å². The zero-order valence-corrected chi connectivity index (χ0v) is 12.3. The second kappa shape index (κ2) is 6.59. The maximum Gasteiger partial charge on any atom is 0.420 e. The van der Waals surface area contributed by atoms with Crippen molar-refractivity contribution < 1.29 is 9.53 Å². The van der Waals surface area contributed by atoms with E-state index in [1.165, 1.54) is 4.90 Å². The van der Waals surface area contributed by atoms with E-state index >= 15 is 0 Å². The molecule has 3 nitrogen and oxygen atoms in total. The minimum absolute atomic E-state index is 0.0272. The fourth-order valence-corrected chi connectivity index (χ4v) is 1.99. The number of alkyl halides is 1. The van der Waals surface area contributed by atoms with Gasteiger partial charge in [-0.1, -0.05) is 34.1 Å². The lowest BCUT2D eigenvalue weighted by Crippen LogP contribution is -2.32. The van der Waals surface area contributed by atoms with E-state index in [4.69, 9.17) is 16.3 Å². The van der Waals surface area contributed by atoms with Crippen molar-refractivity contribution in [3.8, 4) is 5.75 Å². The SMILES string of the molecule is O=C(Oc1ccc(Br)cc1)N(CCl)c1ccccc1. The minimum Gasteiger partial charge on any atom is -0.410 e. The molecule has 0 radical (unpaired) electrons. The van der Waals surface area contributed by atoms with Crippen LogP contribution >= 0.6 is 27.5 Å². The number of nitrogens with zero attached hydrogens (tertiary/aromatic N) is 1. The van der Waals surface area contributed by atoms with Gasteiger partial charge >= 0.3 is 6.09 Å². The van der Waals surface area contributed by atoms with E-state index in [0.717, 1.165) is 4.47 Å². The highest BCUT2D eigenvalue weighted by molar-refractivity contribution is 9.10. The molecular weight excluding hydrogens is 330 g/mol. The van der Waals surface area contributed by atoms with Gasteiger partial charge in [-0.25, -0.2) is 4.79 Å². The average molecular weight is 341 g/mol. The largest absolute Gasteiger partial charge is 0.420 e. The number of amides is 1. The summed E-state index contributed by atoms with van der Waals surface area (Å²) < 4.78 is 6.18. The number of carbonyl (C=O) groups is 1. The Morgan fingerprint density at radius 1 is 1.11 bits per heavy atom. The van der Waals surface area contributed by atoms with E-state index in [9.17, 15) is 4.79 Å². The first-order valence-corrected chi connectivity index (χ1v) is 6.89. The van der Waals surface area contributed by atoms with Crippen LogP contribution in [0.5, 0.6) is 5.75 Å². The Bertz CT molecular complexity index is 545. The highest BCUT2D eigenvalue weighted by Crippen LogP contribution is 2.19. The molecule has 0 saturated carbocycles. The molecule has 0 fully saturated rings. The van der Waals surface area contributed by atoms with Gasteiger partial charge in [0.1, 0.15) is 11.8 Å². The Balaban J connectivity index is 2.11. The second-order valence-corrected chi connectivity index (χ2v) is 4.86. The molecule has 0 aliphatic rings. The van der Waals surface area contributed by atoms with Gasteiger partial charge < -0.3 is 4.74 Å². The Hall–Kier alpha value is -1.52. The standard InChI is InChI=1S/C14H11BrClNO2/c15-11-6-8-13(9-7-11)19-14(18)17(10-16)12-4-2-1-3-5-12/h1-9H,10H2. The fraction of sp³-hybridized carbons (Fsp3) is 0.0714. The molecule has 2 aromatic carbocycles. The summed E-state index contributed by atoms with van der Waals surface area (Å²) in [5.41, 5.74) is 0.694. The predicted molar refractivity (Wildman–Crippen MR) is 79.8 cm³/mol. The molecule has 2 rings (SSSR count). The number of rotatable bonds is 3. The van der Waals surface area contributed by atoms with E-state index in [0.29, 0.717) is 11.4 Å². The number of para-hydroxylation sites is 1. The lowest BCUT2D eigenvalue weighted by atomic mass is 10.3. The van der Waals surface area contributed by atoms with Crippen molar-refractivity contribution in [3.05, 3.63) is 59.1 Å². The maximum atomic E-state index is 12.0. The Kier molecular flexibility index (Phi) is 4.82. The van der Waals surface area contributed by atoms with Crippen LogP contribution in [0.25, 0.3) is 0 Å². The normalized spacial score (nSPS) is 10.0. The van der Waals surface area contributed by atoms with Crippen molar-refractivity contribution in [1.82, 2.24) is 0 Å². The molecule has 1 amide bonds. The Labute approximate surface area is 124 Å². The molecule has 0 spiro atoms. The van der Waals surface area contributed by atoms with E-state index in [-0.39, 0.29) is 6.00 Å². The van der Waals surface area contributed by atoms with Crippen molar-refractivity contribution >= 4 is 39.3 Å². The first-order valence-electron chi connectivity index (χ1n) is 5.56. The summed E-state index contributed by atoms with van der Waals surface area (Å²) in [6, 6.07) is 16.2. The zero-order chi connectivity index (χ0) is 13.7. The molecule has 0 aromatic heterocycles. The van der Waals surface area contributed by atoms with Crippen LogP contribution < -0.4 is 9.64 Å². The maximum absolute atomic E-state index is 12.0. The van der Waals surface area contributed by atoms with Gasteiger partial charge in [0.15, 0.2) is 0 Å². The number of benzene rings is 2. The topological polar surface area (TPSA) is 29.5 Å². The highest BCUT2D eigenvalue weighted by Gasteiger charge is 2.16. The van der Waals surface area contributed by atoms with Gasteiger partial charge in [-0.2, -0.15) is 0 Å². The monoisotopic (exact) mass is 339 g/mol. The first kappa shape index (κ1) is 13.9. The van der Waals surface area contributed by atoms with E-state index in [2.05, 4.69) is 15.9 Å². The average Bonchev–Trinajstić information content (AvgIpc) is 2.43. The Morgan fingerprint density at radius 3 is 2.32 bits per heavy atom. The van der Waals surface area contributed by atoms with Crippen LogP contribution in [0.3, 0.4) is 0 Å². The number of ether oxygens (including phenoxy) is 1. The quantitative estimate of drug-likeness (QED) is 0.601. The van der Waals surface area contributed by atoms with Gasteiger partial charge in [0.2, 0.25) is 0 Å². The molecule has 5 heteroatoms. The molecule has 98 valence electrons. The van der Waals surface area contributed by atoms with Crippen LogP contribution in [0, 0.1) is 0 Å². The lowest BCUT2D eigenvalue weighted by molar-refractivity contribution is 0.208. The zero-order valence-electron chi connectivity index (χ0n) is 9.92. The third kappa shape index (κ3) is 3.72. The first-order chi connectivity index (χ1) is 9.20. The molecule has 0 saturated heterocycles. The van der Waals surface area contributed by atoms with Crippen LogP contribution in [0.15, 0.2) is 59.1 Å². The van der Waals surface area contributed by atoms with E-state index < -0.39 is 6.09 Å². The minimum atomic E-state index is -0.511. The van der Waals surface area contributed by atoms with Gasteiger partial charge in [-0.15, -0.1) is 11.6 Å². The summed E-state index contributed by atoms with van der Waals surface area (Å²) in [7, 11) is 0. The number of hydrogen-bond acceptors (Lipinski definition) is 2. The third-order valence-corrected chi connectivity index (χ3v) is 3.19. The van der Waals surface area contributed by atoms with Crippen molar-refractivity contribution in [2.75, 3.05) is 10.9 Å². The molecule has 0 unspecified atom stereocenters. The molecule has 0 atom stereocenters. The fourth-order valence-electron chi connectivity index (χ4n) is 1.49. The number of anilines is 1. The van der Waals surface area contributed by atoms with Gasteiger partial charge in [-0.05, 0) is 36.4 Å². The summed E-state index contributed by atoms with van der Waals surface area (Å²) in [6.07, 6.45) is -0.511. The molecule has 19 heavy (non-hydrogen) atoms. The smallest absolute Gasteiger partial charge is 0.410 e. The van der Waals surface area contributed by atoms with Gasteiger partial charge in [-0.3, -0.25) is 4.90 Å². The Morgan fingerprint density at radius 2 is 1.74 bits per heavy atom. The van der Waals surface area contributed by atoms with Crippen LogP contribution in [-0.4, -0.2) is 12.1 Å². The number of halogens is 2. The molecule has 0 heterocycles. The third-order valence-electron chi connectivity index (χ3n) is 2.43. The van der Waals surface area contributed by atoms with Crippen molar-refractivity contribution in [2.45, 2.75) is 0 Å². The second-order valence-electron chi connectivity index (χ2n) is 3.70. The number of hydrogen-bond donors (Lipinski definition) is 0. The molecular formula is C14H11BrClNO2. The molecule has 0 bridgehead atoms. The summed E-state index contributed by atoms with van der Waals surface area (Å²) in [5, 5.41) is 0. The summed E-state index contributed by atoms with van der Waals surface area (Å²) in [6.45, 7) is 0. The van der Waals surface area contributed by atoms with Crippen LogP contribution in [-0.2, 0) is 0 Å². The highest BCUT2D eigenvalue weighted by atomic mass is 79.9. The lowest BCUT2D eigenvalue weighted by Gasteiger charge is -2.19. The van der Waals surface area contributed by atoms with Gasteiger partial charge in [0.25, 0.3) is 0 Å². The van der Waals surface area contributed by atoms with Gasteiger partial charge in [0, 0.05) is 10.2 Å². The summed E-state index contributed by atoms with van der Waals surface area (Å²) >= 11 is 9.12. The summed E-state index contributed by atoms with van der Waals surface area (Å²) in [4.78, 5) is 13.4. The summed E-state index contributed by atoms with van der Waals surface area (Å²) in [5.74, 6) is 0.472. The van der Waals surface area contributed by atoms with Crippen LogP contribution in [0.1, 0.15) is 0 Å². The molecule has 0 N–H and O–H groups in total. The predicted octanol–water partition coefficient (Wildman–Crippen LogP) is 4.65. The van der Waals surface area contributed by atoms with Gasteiger partial charge in [0.05, 0.1) is 0 Å². The van der Waals surface area contributed by atoms with Crippen molar-refractivity contribution in [3.63, 3.8) is 0 Å². The molecule has 2 aromatic rings. The van der Waals surface area contributed by atoms with E-state index in [1.54, 1.807) is 36.4 Å². The van der Waals surface area contributed by atoms with E-state index in [1.807, 2.05) is 18.2 Å².